The minimum absolute atomic E-state index is 0.101. The molecule has 0 bridgehead atoms. The minimum Gasteiger partial charge on any atom is -0.493 e. The molecule has 0 amide bonds. The number of fused-ring (bicyclic) bond motifs is 1. The number of hydrogen-bond acceptors (Lipinski definition) is 9. The Kier molecular flexibility index (Phi) is 10.0. The number of aromatic nitrogens is 1. The molecule has 0 aliphatic carbocycles. The zero-order valence-electron chi connectivity index (χ0n) is 24.9. The fourth-order valence-electron chi connectivity index (χ4n) is 5.00. The lowest BCUT2D eigenvalue weighted by Gasteiger charge is -2.24. The summed E-state index contributed by atoms with van der Waals surface area (Å²) in [6.45, 7) is 5.20. The Balaban J connectivity index is 1.60. The quantitative estimate of drug-likeness (QED) is 0.107. The van der Waals surface area contributed by atoms with Gasteiger partial charge in [0.2, 0.25) is 0 Å². The van der Waals surface area contributed by atoms with Crippen molar-refractivity contribution < 1.29 is 23.9 Å². The van der Waals surface area contributed by atoms with E-state index in [1.165, 1.54) is 17.7 Å². The van der Waals surface area contributed by atoms with Gasteiger partial charge in [-0.25, -0.2) is 9.79 Å². The van der Waals surface area contributed by atoms with Crippen molar-refractivity contribution in [2.75, 3.05) is 13.7 Å². The van der Waals surface area contributed by atoms with Crippen molar-refractivity contribution >= 4 is 68.2 Å². The van der Waals surface area contributed by atoms with Crippen LogP contribution in [0.15, 0.2) is 74.1 Å². The van der Waals surface area contributed by atoms with E-state index in [1.54, 1.807) is 69.3 Å². The van der Waals surface area contributed by atoms with E-state index < -0.39 is 22.5 Å². The summed E-state index contributed by atoms with van der Waals surface area (Å²) in [5, 5.41) is 12.8. The van der Waals surface area contributed by atoms with Gasteiger partial charge in [-0.15, -0.1) is 0 Å². The second-order valence-electron chi connectivity index (χ2n) is 10.2. The van der Waals surface area contributed by atoms with E-state index in [1.807, 2.05) is 0 Å². The monoisotopic (exact) mass is 745 g/mol. The van der Waals surface area contributed by atoms with E-state index in [0.717, 1.165) is 16.9 Å². The average molecular weight is 747 g/mol. The molecule has 0 fully saturated rings. The molecule has 1 aromatic heterocycles. The summed E-state index contributed by atoms with van der Waals surface area (Å²) in [5.41, 5.74) is 2.11. The number of carbonyl (C=O) groups is 1. The van der Waals surface area contributed by atoms with Crippen LogP contribution < -0.4 is 24.4 Å². The van der Waals surface area contributed by atoms with Crippen molar-refractivity contribution in [2.24, 2.45) is 4.99 Å². The largest absolute Gasteiger partial charge is 0.493 e. The third-order valence-electron chi connectivity index (χ3n) is 7.20. The minimum atomic E-state index is -0.992. The molecule has 3 aromatic carbocycles. The molecule has 5 rings (SSSR count). The van der Waals surface area contributed by atoms with Crippen LogP contribution in [0.5, 0.6) is 11.5 Å². The maximum absolute atomic E-state index is 14.0. The summed E-state index contributed by atoms with van der Waals surface area (Å²) in [4.78, 5) is 43.4. The molecule has 0 radical (unpaired) electrons. The number of esters is 1. The summed E-state index contributed by atoms with van der Waals surface area (Å²) in [7, 11) is 1.50. The number of aryl methyl sites for hydroxylation is 1. The lowest BCUT2D eigenvalue weighted by molar-refractivity contribution is -0.385. The first-order valence-electron chi connectivity index (χ1n) is 13.8. The van der Waals surface area contributed by atoms with Crippen molar-refractivity contribution in [2.45, 2.75) is 33.4 Å². The molecule has 10 nitrogen and oxygen atoms in total. The fourth-order valence-corrected chi connectivity index (χ4v) is 7.09. The molecule has 46 heavy (non-hydrogen) atoms. The predicted octanol–water partition coefficient (Wildman–Crippen LogP) is 6.67. The van der Waals surface area contributed by atoms with Crippen LogP contribution >= 0.6 is 50.5 Å². The van der Waals surface area contributed by atoms with Gasteiger partial charge in [0.1, 0.15) is 6.61 Å². The molecule has 1 aliphatic rings. The van der Waals surface area contributed by atoms with Gasteiger partial charge >= 0.3 is 5.97 Å². The van der Waals surface area contributed by atoms with E-state index in [4.69, 9.17) is 37.4 Å². The SMILES string of the molecule is CCOC(=O)C1=C(C)N=c2s/c(=C/c3cc(Br)c(OCc4ccc(Cl)cc4Cl)c(OC)c3)c(=O)n2[C@H]1c1ccc(C)c([N+](=O)[O-])c1. The van der Waals surface area contributed by atoms with Crippen molar-refractivity contribution in [3.05, 3.63) is 126 Å². The normalized spacial score (nSPS) is 14.5. The van der Waals surface area contributed by atoms with E-state index in [-0.39, 0.29) is 24.5 Å². The molecular weight excluding hydrogens is 721 g/mol. The van der Waals surface area contributed by atoms with Gasteiger partial charge in [-0.1, -0.05) is 52.7 Å². The van der Waals surface area contributed by atoms with Gasteiger partial charge in [0.25, 0.3) is 11.2 Å². The smallest absolute Gasteiger partial charge is 0.338 e. The number of ether oxygens (including phenoxy) is 3. The zero-order chi connectivity index (χ0) is 33.3. The number of allylic oxidation sites excluding steroid dienone is 1. The van der Waals surface area contributed by atoms with Crippen LogP contribution in [-0.4, -0.2) is 29.2 Å². The maximum atomic E-state index is 14.0. The van der Waals surface area contributed by atoms with Crippen molar-refractivity contribution in [3.8, 4) is 11.5 Å². The number of halogens is 3. The first-order valence-corrected chi connectivity index (χ1v) is 16.2. The van der Waals surface area contributed by atoms with Crippen LogP contribution in [0.1, 0.15) is 42.1 Å². The molecule has 1 aliphatic heterocycles. The number of carbonyl (C=O) groups excluding carboxylic acids is 1. The number of rotatable bonds is 9. The van der Waals surface area contributed by atoms with Gasteiger partial charge in [0, 0.05) is 27.2 Å². The molecule has 0 saturated carbocycles. The first kappa shape index (κ1) is 33.4. The number of methoxy groups -OCH3 is 1. The number of nitro benzene ring substituents is 1. The van der Waals surface area contributed by atoms with Gasteiger partial charge < -0.3 is 14.2 Å². The van der Waals surface area contributed by atoms with E-state index >= 15 is 0 Å². The standard InChI is InChI=1S/C32H26BrCl2N3O7S/c1-5-44-31(40)27-17(3)36-32-37(28(27)19-7-6-16(2)24(13-19)38(41)42)30(39)26(46-32)12-18-10-22(33)29(25(11-18)43-4)45-15-20-8-9-21(34)14-23(20)35/h6-14,28H,5,15H2,1-4H3/b26-12+/t28-/m0/s1. The number of benzene rings is 3. The van der Waals surface area contributed by atoms with Gasteiger partial charge in [-0.3, -0.25) is 19.5 Å². The summed E-state index contributed by atoms with van der Waals surface area (Å²) in [6.07, 6.45) is 1.68. The Labute approximate surface area is 285 Å². The Morgan fingerprint density at radius 3 is 2.61 bits per heavy atom. The van der Waals surface area contributed by atoms with Crippen LogP contribution in [-0.2, 0) is 16.1 Å². The molecule has 238 valence electrons. The van der Waals surface area contributed by atoms with E-state index in [9.17, 15) is 19.7 Å². The number of hydrogen-bond donors (Lipinski definition) is 0. The molecule has 0 N–H and O–H groups in total. The average Bonchev–Trinajstić information content (AvgIpc) is 3.30. The molecular formula is C32H26BrCl2N3O7S. The van der Waals surface area contributed by atoms with Crippen LogP contribution in [0.2, 0.25) is 10.0 Å². The van der Waals surface area contributed by atoms with Crippen molar-refractivity contribution in [3.63, 3.8) is 0 Å². The summed E-state index contributed by atoms with van der Waals surface area (Å²) < 4.78 is 19.2. The highest BCUT2D eigenvalue weighted by Crippen LogP contribution is 2.38. The summed E-state index contributed by atoms with van der Waals surface area (Å²) in [6, 6.07) is 12.3. The zero-order valence-corrected chi connectivity index (χ0v) is 28.8. The summed E-state index contributed by atoms with van der Waals surface area (Å²) >= 11 is 17.0. The third kappa shape index (κ3) is 6.61. The number of thiazole rings is 1. The van der Waals surface area contributed by atoms with Crippen LogP contribution in [0.25, 0.3) is 6.08 Å². The van der Waals surface area contributed by atoms with Crippen LogP contribution in [0, 0.1) is 17.0 Å². The highest BCUT2D eigenvalue weighted by atomic mass is 79.9. The molecule has 4 aromatic rings. The molecule has 1 atom stereocenters. The van der Waals surface area contributed by atoms with Gasteiger partial charge in [0.15, 0.2) is 16.3 Å². The summed E-state index contributed by atoms with van der Waals surface area (Å²) in [5.74, 6) is 0.182. The van der Waals surface area contributed by atoms with Gasteiger partial charge in [0.05, 0.1) is 45.0 Å². The van der Waals surface area contributed by atoms with Gasteiger partial charge in [-0.2, -0.15) is 0 Å². The molecule has 2 heterocycles. The highest BCUT2D eigenvalue weighted by Gasteiger charge is 2.34. The lowest BCUT2D eigenvalue weighted by atomic mass is 9.94. The topological polar surface area (TPSA) is 122 Å². The Morgan fingerprint density at radius 1 is 1.17 bits per heavy atom. The molecule has 0 spiro atoms. The Hall–Kier alpha value is -3.97. The molecule has 0 unspecified atom stereocenters. The maximum Gasteiger partial charge on any atom is 0.338 e. The van der Waals surface area contributed by atoms with Crippen LogP contribution in [0.3, 0.4) is 0 Å². The predicted molar refractivity (Wildman–Crippen MR) is 180 cm³/mol. The second-order valence-corrected chi connectivity index (χ2v) is 12.9. The van der Waals surface area contributed by atoms with Crippen molar-refractivity contribution in [1.82, 2.24) is 4.57 Å². The third-order valence-corrected chi connectivity index (χ3v) is 9.36. The lowest BCUT2D eigenvalue weighted by Crippen LogP contribution is -2.40. The van der Waals surface area contributed by atoms with E-state index in [2.05, 4.69) is 20.9 Å². The Morgan fingerprint density at radius 2 is 1.93 bits per heavy atom. The number of nitro groups is 1. The van der Waals surface area contributed by atoms with Gasteiger partial charge in [-0.05, 0) is 78.2 Å². The van der Waals surface area contributed by atoms with Crippen molar-refractivity contribution in [1.29, 1.82) is 0 Å². The fraction of sp³-hybridized carbons (Fsp3) is 0.219. The van der Waals surface area contributed by atoms with Crippen LogP contribution in [0.4, 0.5) is 5.69 Å². The number of nitrogens with zero attached hydrogens (tertiary/aromatic N) is 3. The second kappa shape index (κ2) is 13.8. The molecule has 0 saturated heterocycles. The molecule has 14 heteroatoms. The van der Waals surface area contributed by atoms with E-state index in [0.29, 0.717) is 57.7 Å². The highest BCUT2D eigenvalue weighted by molar-refractivity contribution is 9.10. The first-order chi connectivity index (χ1) is 21.9. The Bertz CT molecular complexity index is 2110.